The Hall–Kier alpha value is -3.16. The van der Waals surface area contributed by atoms with Gasteiger partial charge in [-0.15, -0.1) is 0 Å². The van der Waals surface area contributed by atoms with Gasteiger partial charge >= 0.3 is 0 Å². The molecule has 0 spiro atoms. The number of carbonyl (C=O) groups is 1. The van der Waals surface area contributed by atoms with E-state index in [2.05, 4.69) is 15.5 Å². The monoisotopic (exact) mass is 415 g/mol. The maximum absolute atomic E-state index is 14.1. The first-order valence-electron chi connectivity index (χ1n) is 10.1. The topological polar surface area (TPSA) is 60.0 Å². The molecule has 1 fully saturated rings. The van der Waals surface area contributed by atoms with Crippen LogP contribution in [0.15, 0.2) is 47.5 Å². The van der Waals surface area contributed by atoms with Gasteiger partial charge in [-0.05, 0) is 36.8 Å². The second-order valence-corrected chi connectivity index (χ2v) is 7.02. The molecule has 2 aromatic carbocycles. The molecule has 0 aromatic heterocycles. The van der Waals surface area contributed by atoms with Gasteiger partial charge in [0.05, 0.1) is 12.2 Å². The van der Waals surface area contributed by atoms with E-state index in [1.165, 1.54) is 6.07 Å². The number of hydrogen-bond donors (Lipinski definition) is 2. The quantitative estimate of drug-likeness (QED) is 0.582. The van der Waals surface area contributed by atoms with Gasteiger partial charge in [-0.2, -0.15) is 0 Å². The Kier molecular flexibility index (Phi) is 7.21. The Bertz CT molecular complexity index is 893. The van der Waals surface area contributed by atoms with Crippen molar-refractivity contribution in [2.45, 2.75) is 13.5 Å². The summed E-state index contributed by atoms with van der Waals surface area (Å²) in [5.41, 5.74) is 1.91. The van der Waals surface area contributed by atoms with Crippen LogP contribution in [0.1, 0.15) is 22.8 Å². The fourth-order valence-corrected chi connectivity index (χ4v) is 3.39. The minimum atomic E-state index is -0.439. The maximum Gasteiger partial charge on any atom is 0.251 e. The summed E-state index contributed by atoms with van der Waals surface area (Å²) < 4.78 is 27.6. The van der Waals surface area contributed by atoms with Crippen LogP contribution in [0.5, 0.6) is 0 Å². The molecule has 2 N–H and O–H groups in total. The summed E-state index contributed by atoms with van der Waals surface area (Å²) in [6.45, 7) is 5.67. The summed E-state index contributed by atoms with van der Waals surface area (Å²) in [7, 11) is 1.60. The summed E-state index contributed by atoms with van der Waals surface area (Å²) in [4.78, 5) is 20.3. The van der Waals surface area contributed by atoms with Gasteiger partial charge in [-0.1, -0.05) is 12.1 Å². The lowest BCUT2D eigenvalue weighted by atomic mass is 10.1. The number of nitrogens with zero attached hydrogens (tertiary/aromatic N) is 3. The van der Waals surface area contributed by atoms with Crippen LogP contribution in [0.4, 0.5) is 14.5 Å². The largest absolute Gasteiger partial charge is 0.366 e. The third kappa shape index (κ3) is 5.25. The van der Waals surface area contributed by atoms with Crippen LogP contribution in [-0.4, -0.2) is 56.5 Å². The number of halogens is 2. The van der Waals surface area contributed by atoms with Crippen molar-refractivity contribution in [1.29, 1.82) is 0 Å². The molecule has 0 aliphatic carbocycles. The highest BCUT2D eigenvalue weighted by Gasteiger charge is 2.22. The summed E-state index contributed by atoms with van der Waals surface area (Å²) in [5.74, 6) is -0.185. The van der Waals surface area contributed by atoms with E-state index < -0.39 is 11.6 Å². The molecule has 0 unspecified atom stereocenters. The summed E-state index contributed by atoms with van der Waals surface area (Å²) in [6, 6.07) is 10.9. The molecule has 1 saturated heterocycles. The van der Waals surface area contributed by atoms with Crippen molar-refractivity contribution in [2.24, 2.45) is 4.99 Å². The molecule has 6 nitrogen and oxygen atoms in total. The van der Waals surface area contributed by atoms with E-state index >= 15 is 0 Å². The second-order valence-electron chi connectivity index (χ2n) is 7.02. The molecule has 160 valence electrons. The number of amides is 1. The van der Waals surface area contributed by atoms with Crippen LogP contribution in [0.2, 0.25) is 0 Å². The molecular weight excluding hydrogens is 388 g/mol. The minimum absolute atomic E-state index is 0.119. The van der Waals surface area contributed by atoms with Gasteiger partial charge in [-0.3, -0.25) is 4.79 Å². The predicted molar refractivity (Wildman–Crippen MR) is 115 cm³/mol. The number of hydrogen-bond acceptors (Lipinski definition) is 3. The SMILES string of the molecule is CCNC(=NCc1ccc(C(=O)NC)cc1)N1CCN(c2cc(F)ccc2F)CC1. The van der Waals surface area contributed by atoms with E-state index in [9.17, 15) is 13.6 Å². The molecule has 30 heavy (non-hydrogen) atoms. The van der Waals surface area contributed by atoms with Crippen LogP contribution in [0.25, 0.3) is 0 Å². The molecule has 8 heteroatoms. The molecule has 1 amide bonds. The number of aliphatic imine (C=N–C) groups is 1. The number of benzene rings is 2. The molecule has 3 rings (SSSR count). The number of carbonyl (C=O) groups excluding carboxylic acids is 1. The van der Waals surface area contributed by atoms with Crippen molar-refractivity contribution in [3.05, 3.63) is 65.2 Å². The normalized spacial score (nSPS) is 14.6. The molecule has 0 atom stereocenters. The van der Waals surface area contributed by atoms with Gasteiger partial charge in [0.2, 0.25) is 0 Å². The third-order valence-electron chi connectivity index (χ3n) is 5.02. The number of rotatable bonds is 5. The lowest BCUT2D eigenvalue weighted by Crippen LogP contribution is -2.52. The third-order valence-corrected chi connectivity index (χ3v) is 5.02. The van der Waals surface area contributed by atoms with E-state index in [0.29, 0.717) is 44.0 Å². The standard InChI is InChI=1S/C22H27F2N5O/c1-3-26-22(27-15-16-4-6-17(7-5-16)21(30)25-2)29-12-10-28(11-13-29)20-14-18(23)8-9-19(20)24/h4-9,14H,3,10-13,15H2,1-2H3,(H,25,30)(H,26,27). The van der Waals surface area contributed by atoms with Crippen molar-refractivity contribution in [3.63, 3.8) is 0 Å². The Balaban J connectivity index is 1.64. The van der Waals surface area contributed by atoms with Gasteiger partial charge in [-0.25, -0.2) is 13.8 Å². The van der Waals surface area contributed by atoms with E-state index in [1.807, 2.05) is 24.0 Å². The fourth-order valence-electron chi connectivity index (χ4n) is 3.39. The molecule has 0 radical (unpaired) electrons. The lowest BCUT2D eigenvalue weighted by Gasteiger charge is -2.37. The smallest absolute Gasteiger partial charge is 0.251 e. The molecule has 1 aliphatic heterocycles. The molecule has 1 heterocycles. The van der Waals surface area contributed by atoms with Crippen LogP contribution in [0.3, 0.4) is 0 Å². The zero-order valence-electron chi connectivity index (χ0n) is 17.3. The van der Waals surface area contributed by atoms with Crippen LogP contribution < -0.4 is 15.5 Å². The molecule has 0 saturated carbocycles. The Morgan fingerprint density at radius 1 is 1.07 bits per heavy atom. The van der Waals surface area contributed by atoms with Gasteiger partial charge in [0.1, 0.15) is 11.6 Å². The maximum atomic E-state index is 14.1. The van der Waals surface area contributed by atoms with Crippen LogP contribution >= 0.6 is 0 Å². The highest BCUT2D eigenvalue weighted by atomic mass is 19.1. The number of anilines is 1. The van der Waals surface area contributed by atoms with E-state index in [0.717, 1.165) is 30.2 Å². The molecular formula is C22H27F2N5O. The van der Waals surface area contributed by atoms with Crippen molar-refractivity contribution in [2.75, 3.05) is 44.7 Å². The second kappa shape index (κ2) is 10.0. The first-order chi connectivity index (χ1) is 14.5. The highest BCUT2D eigenvalue weighted by molar-refractivity contribution is 5.93. The number of nitrogens with one attached hydrogen (secondary N) is 2. The van der Waals surface area contributed by atoms with Crippen molar-refractivity contribution in [3.8, 4) is 0 Å². The lowest BCUT2D eigenvalue weighted by molar-refractivity contribution is 0.0963. The number of piperazine rings is 1. The summed E-state index contributed by atoms with van der Waals surface area (Å²) >= 11 is 0. The summed E-state index contributed by atoms with van der Waals surface area (Å²) in [5, 5.41) is 5.90. The van der Waals surface area contributed by atoms with Crippen molar-refractivity contribution >= 4 is 17.6 Å². The first kappa shape index (κ1) is 21.5. The van der Waals surface area contributed by atoms with Crippen molar-refractivity contribution < 1.29 is 13.6 Å². The predicted octanol–water partition coefficient (Wildman–Crippen LogP) is 2.61. The van der Waals surface area contributed by atoms with E-state index in [1.54, 1.807) is 19.2 Å². The van der Waals surface area contributed by atoms with Gasteiger partial charge in [0.15, 0.2) is 5.96 Å². The van der Waals surface area contributed by atoms with Gasteiger partial charge in [0.25, 0.3) is 5.91 Å². The Labute approximate surface area is 175 Å². The Morgan fingerprint density at radius 3 is 2.40 bits per heavy atom. The van der Waals surface area contributed by atoms with Gasteiger partial charge in [0, 0.05) is 51.4 Å². The highest BCUT2D eigenvalue weighted by Crippen LogP contribution is 2.22. The van der Waals surface area contributed by atoms with Crippen molar-refractivity contribution in [1.82, 2.24) is 15.5 Å². The zero-order valence-corrected chi connectivity index (χ0v) is 17.3. The van der Waals surface area contributed by atoms with E-state index in [-0.39, 0.29) is 5.91 Å². The van der Waals surface area contributed by atoms with Crippen LogP contribution in [0, 0.1) is 11.6 Å². The Morgan fingerprint density at radius 2 is 1.77 bits per heavy atom. The minimum Gasteiger partial charge on any atom is -0.366 e. The fraction of sp³-hybridized carbons (Fsp3) is 0.364. The van der Waals surface area contributed by atoms with E-state index in [4.69, 9.17) is 4.99 Å². The molecule has 1 aliphatic rings. The average Bonchev–Trinajstić information content (AvgIpc) is 2.78. The average molecular weight is 415 g/mol. The number of guanidine groups is 1. The zero-order chi connectivity index (χ0) is 21.5. The summed E-state index contributed by atoms with van der Waals surface area (Å²) in [6.07, 6.45) is 0. The molecule has 2 aromatic rings. The van der Waals surface area contributed by atoms with Crippen LogP contribution in [-0.2, 0) is 6.54 Å². The first-order valence-corrected chi connectivity index (χ1v) is 10.1. The van der Waals surface area contributed by atoms with Gasteiger partial charge < -0.3 is 20.4 Å². The molecule has 0 bridgehead atoms.